The van der Waals surface area contributed by atoms with E-state index in [0.717, 1.165) is 30.4 Å². The first-order valence-electron chi connectivity index (χ1n) is 10.5. The van der Waals surface area contributed by atoms with E-state index in [9.17, 15) is 8.42 Å². The van der Waals surface area contributed by atoms with Crippen molar-refractivity contribution in [1.82, 2.24) is 0 Å². The summed E-state index contributed by atoms with van der Waals surface area (Å²) in [6, 6.07) is 0. The number of nitrogens with zero attached hydrogens (tertiary/aromatic N) is 1. The van der Waals surface area contributed by atoms with Crippen LogP contribution in [0, 0.1) is 5.92 Å². The monoisotopic (exact) mass is 378 g/mol. The van der Waals surface area contributed by atoms with Crippen molar-refractivity contribution in [2.24, 2.45) is 5.92 Å². The van der Waals surface area contributed by atoms with Gasteiger partial charge in [-0.05, 0) is 19.3 Å². The van der Waals surface area contributed by atoms with E-state index in [4.69, 9.17) is 4.55 Å². The molecule has 0 rings (SSSR count). The second kappa shape index (κ2) is 14.0. The molecule has 152 valence electrons. The Morgan fingerprint density at radius 2 is 1.28 bits per heavy atom. The fraction of sp³-hybridized carbons (Fsp3) is 1.00. The maximum Gasteiger partial charge on any atom is 0.265 e. The molecule has 1 atom stereocenters. The molecule has 0 aromatic heterocycles. The molecule has 0 aliphatic carbocycles. The number of hydrogen-bond acceptors (Lipinski definition) is 2. The molecule has 0 aromatic carbocycles. The molecule has 0 radical (unpaired) electrons. The number of rotatable bonds is 17. The minimum absolute atomic E-state index is 0.0538. The third kappa shape index (κ3) is 17.1. The molecule has 0 amide bonds. The molecule has 0 heterocycles. The molecule has 0 aromatic rings. The summed E-state index contributed by atoms with van der Waals surface area (Å²) in [5, 5.41) is 0. The van der Waals surface area contributed by atoms with Gasteiger partial charge < -0.3 is 4.48 Å². The van der Waals surface area contributed by atoms with E-state index in [1.807, 2.05) is 0 Å². The van der Waals surface area contributed by atoms with E-state index in [0.29, 0.717) is 0 Å². The summed E-state index contributed by atoms with van der Waals surface area (Å²) in [6.45, 7) is 6.24. The van der Waals surface area contributed by atoms with Gasteiger partial charge in [0, 0.05) is 5.92 Å². The maximum atomic E-state index is 11.2. The first-order valence-corrected chi connectivity index (χ1v) is 12.1. The molecule has 0 aliphatic rings. The largest absolute Gasteiger partial charge is 0.328 e. The van der Waals surface area contributed by atoms with Crippen LogP contribution in [0.15, 0.2) is 0 Å². The van der Waals surface area contributed by atoms with Crippen LogP contribution in [0.25, 0.3) is 0 Å². The van der Waals surface area contributed by atoms with Crippen molar-refractivity contribution >= 4 is 10.1 Å². The van der Waals surface area contributed by atoms with Crippen LogP contribution >= 0.6 is 0 Å². The molecule has 0 aliphatic heterocycles. The van der Waals surface area contributed by atoms with Gasteiger partial charge in [0.1, 0.15) is 0 Å². The minimum Gasteiger partial charge on any atom is -0.328 e. The molecule has 0 fully saturated rings. The molecular formula is C20H44NO3S+. The summed E-state index contributed by atoms with van der Waals surface area (Å²) in [4.78, 5) is 0. The Morgan fingerprint density at radius 1 is 0.800 bits per heavy atom. The molecule has 0 saturated heterocycles. The average Bonchev–Trinajstić information content (AvgIpc) is 2.47. The van der Waals surface area contributed by atoms with E-state index in [-0.39, 0.29) is 11.7 Å². The third-order valence-corrected chi connectivity index (χ3v) is 5.91. The van der Waals surface area contributed by atoms with E-state index < -0.39 is 10.1 Å². The summed E-state index contributed by atoms with van der Waals surface area (Å²) in [6.07, 6.45) is 15.2. The standard InChI is InChI=1S/C20H43NO3S/c1-5-7-8-9-10-11-12-13-14-15-17-21(3,4)18-20(16-6-2)19-25(22,23)24/h20H,5-19H2,1-4H3/p+1. The lowest BCUT2D eigenvalue weighted by Gasteiger charge is -2.33. The van der Waals surface area contributed by atoms with Crippen molar-refractivity contribution in [3.63, 3.8) is 0 Å². The normalized spacial score (nSPS) is 14.0. The predicted molar refractivity (Wildman–Crippen MR) is 109 cm³/mol. The van der Waals surface area contributed by atoms with Crippen LogP contribution in [0.1, 0.15) is 90.9 Å². The lowest BCUT2D eigenvalue weighted by molar-refractivity contribution is -0.893. The van der Waals surface area contributed by atoms with Gasteiger partial charge in [0.25, 0.3) is 10.1 Å². The summed E-state index contributed by atoms with van der Waals surface area (Å²) < 4.78 is 32.4. The van der Waals surface area contributed by atoms with Crippen LogP contribution in [0.3, 0.4) is 0 Å². The van der Waals surface area contributed by atoms with Gasteiger partial charge in [-0.1, -0.05) is 71.6 Å². The van der Waals surface area contributed by atoms with Crippen molar-refractivity contribution in [2.45, 2.75) is 90.9 Å². The first-order chi connectivity index (χ1) is 11.7. The smallest absolute Gasteiger partial charge is 0.265 e. The van der Waals surface area contributed by atoms with Crippen molar-refractivity contribution in [3.8, 4) is 0 Å². The second-order valence-corrected chi connectivity index (χ2v) is 9.92. The number of hydrogen-bond donors (Lipinski definition) is 1. The predicted octanol–water partition coefficient (Wildman–Crippen LogP) is 5.29. The highest BCUT2D eigenvalue weighted by atomic mass is 32.2. The molecule has 4 nitrogen and oxygen atoms in total. The minimum atomic E-state index is -3.87. The number of unbranched alkanes of at least 4 members (excludes halogenated alkanes) is 9. The van der Waals surface area contributed by atoms with E-state index >= 15 is 0 Å². The Hall–Kier alpha value is -0.130. The van der Waals surface area contributed by atoms with Gasteiger partial charge in [0.15, 0.2) is 0 Å². The highest BCUT2D eigenvalue weighted by molar-refractivity contribution is 7.85. The SMILES string of the molecule is CCCCCCCCCCCC[N+](C)(C)CC(CCC)CS(=O)(=O)O. The summed E-state index contributed by atoms with van der Waals surface area (Å²) in [7, 11) is 0.490. The fourth-order valence-electron chi connectivity index (χ4n) is 3.75. The van der Waals surface area contributed by atoms with Gasteiger partial charge in [0.05, 0.1) is 32.9 Å². The van der Waals surface area contributed by atoms with Gasteiger partial charge in [-0.3, -0.25) is 4.55 Å². The number of quaternary nitrogens is 1. The van der Waals surface area contributed by atoms with E-state index in [1.165, 1.54) is 64.2 Å². The molecule has 0 bridgehead atoms. The quantitative estimate of drug-likeness (QED) is 0.213. The third-order valence-electron chi connectivity index (χ3n) is 5.01. The molecule has 0 spiro atoms. The molecule has 5 heteroatoms. The van der Waals surface area contributed by atoms with E-state index in [2.05, 4.69) is 27.9 Å². The Kier molecular flexibility index (Phi) is 13.9. The second-order valence-electron chi connectivity index (χ2n) is 8.43. The Bertz CT molecular complexity index is 407. The summed E-state index contributed by atoms with van der Waals surface area (Å²) >= 11 is 0. The molecule has 1 unspecified atom stereocenters. The first kappa shape index (κ1) is 24.9. The Labute approximate surface area is 157 Å². The molecular weight excluding hydrogens is 334 g/mol. The van der Waals surface area contributed by atoms with Gasteiger partial charge in [-0.2, -0.15) is 8.42 Å². The Morgan fingerprint density at radius 3 is 1.72 bits per heavy atom. The van der Waals surface area contributed by atoms with E-state index in [1.54, 1.807) is 0 Å². The van der Waals surface area contributed by atoms with Gasteiger partial charge in [0.2, 0.25) is 0 Å². The van der Waals surface area contributed by atoms with Crippen molar-refractivity contribution in [1.29, 1.82) is 0 Å². The van der Waals surface area contributed by atoms with Crippen LogP contribution in [-0.2, 0) is 10.1 Å². The van der Waals surface area contributed by atoms with Crippen LogP contribution in [0.2, 0.25) is 0 Å². The maximum absolute atomic E-state index is 11.2. The Balaban J connectivity index is 3.87. The lowest BCUT2D eigenvalue weighted by Crippen LogP contribution is -2.45. The molecule has 25 heavy (non-hydrogen) atoms. The summed E-state index contributed by atoms with van der Waals surface area (Å²) in [5.74, 6) is -0.0429. The van der Waals surface area contributed by atoms with Crippen LogP contribution < -0.4 is 0 Å². The van der Waals surface area contributed by atoms with Crippen molar-refractivity contribution in [2.75, 3.05) is 32.9 Å². The van der Waals surface area contributed by atoms with Gasteiger partial charge in [-0.15, -0.1) is 0 Å². The topological polar surface area (TPSA) is 54.4 Å². The molecule has 1 N–H and O–H groups in total. The molecule has 0 saturated carbocycles. The summed E-state index contributed by atoms with van der Waals surface area (Å²) in [5.41, 5.74) is 0. The fourth-order valence-corrected chi connectivity index (χ4v) is 4.62. The highest BCUT2D eigenvalue weighted by Gasteiger charge is 2.25. The zero-order valence-electron chi connectivity index (χ0n) is 17.3. The highest BCUT2D eigenvalue weighted by Crippen LogP contribution is 2.16. The van der Waals surface area contributed by atoms with Crippen LogP contribution in [0.5, 0.6) is 0 Å². The van der Waals surface area contributed by atoms with Gasteiger partial charge in [-0.25, -0.2) is 0 Å². The van der Waals surface area contributed by atoms with Crippen molar-refractivity contribution in [3.05, 3.63) is 0 Å². The zero-order chi connectivity index (χ0) is 19.2. The van der Waals surface area contributed by atoms with Crippen LogP contribution in [-0.4, -0.2) is 50.4 Å². The lowest BCUT2D eigenvalue weighted by atomic mass is 10.0. The van der Waals surface area contributed by atoms with Gasteiger partial charge >= 0.3 is 0 Å². The van der Waals surface area contributed by atoms with Crippen LogP contribution in [0.4, 0.5) is 0 Å². The van der Waals surface area contributed by atoms with Crippen molar-refractivity contribution < 1.29 is 17.5 Å². The zero-order valence-corrected chi connectivity index (χ0v) is 18.1. The average molecular weight is 379 g/mol.